The van der Waals surface area contributed by atoms with Gasteiger partial charge < -0.3 is 4.90 Å². The van der Waals surface area contributed by atoms with Gasteiger partial charge >= 0.3 is 0 Å². The minimum absolute atomic E-state index is 0.488. The van der Waals surface area contributed by atoms with E-state index >= 15 is 0 Å². The molecule has 1 saturated carbocycles. The fourth-order valence-electron chi connectivity index (χ4n) is 1.89. The van der Waals surface area contributed by atoms with E-state index in [4.69, 9.17) is 16.9 Å². The maximum Gasteiger partial charge on any atom is 0.150 e. The van der Waals surface area contributed by atoms with Crippen molar-refractivity contribution in [1.82, 2.24) is 0 Å². The van der Waals surface area contributed by atoms with Gasteiger partial charge in [0.05, 0.1) is 23.2 Å². The summed E-state index contributed by atoms with van der Waals surface area (Å²) >= 11 is 6.17. The number of nitrogens with zero attached hydrogens (tertiary/aromatic N) is 2. The quantitative estimate of drug-likeness (QED) is 0.753. The standard InChI is InChI=1S/C13H13ClN2O/c14-12-8-10(9-17)2-5-13(12)16(7-1-6-15)11-3-4-11/h2,5,8-9,11H,1,3-4,7H2. The molecule has 0 atom stereocenters. The van der Waals surface area contributed by atoms with Gasteiger partial charge in [-0.05, 0) is 31.0 Å². The predicted molar refractivity (Wildman–Crippen MR) is 67.4 cm³/mol. The molecule has 0 spiro atoms. The Hall–Kier alpha value is -1.53. The van der Waals surface area contributed by atoms with Crippen LogP contribution in [0.1, 0.15) is 29.6 Å². The number of benzene rings is 1. The van der Waals surface area contributed by atoms with Crippen LogP contribution in [0.3, 0.4) is 0 Å². The number of aldehydes is 1. The second-order valence-corrected chi connectivity index (χ2v) is 4.57. The molecule has 0 N–H and O–H groups in total. The van der Waals surface area contributed by atoms with Gasteiger partial charge in [0, 0.05) is 18.2 Å². The molecule has 0 unspecified atom stereocenters. The highest BCUT2D eigenvalue weighted by Crippen LogP contribution is 2.35. The molecule has 3 nitrogen and oxygen atoms in total. The molecule has 0 heterocycles. The molecule has 0 aromatic heterocycles. The van der Waals surface area contributed by atoms with Crippen LogP contribution in [0, 0.1) is 11.3 Å². The summed E-state index contributed by atoms with van der Waals surface area (Å²) in [5, 5.41) is 9.24. The molecule has 1 aromatic rings. The number of hydrogen-bond donors (Lipinski definition) is 0. The van der Waals surface area contributed by atoms with Crippen LogP contribution in [0.2, 0.25) is 5.02 Å². The van der Waals surface area contributed by atoms with Crippen LogP contribution >= 0.6 is 11.6 Å². The number of hydrogen-bond acceptors (Lipinski definition) is 3. The van der Waals surface area contributed by atoms with Crippen LogP contribution in [-0.4, -0.2) is 18.9 Å². The van der Waals surface area contributed by atoms with Crippen molar-refractivity contribution in [3.05, 3.63) is 28.8 Å². The molecule has 0 amide bonds. The van der Waals surface area contributed by atoms with Crippen LogP contribution in [0.15, 0.2) is 18.2 Å². The molecule has 4 heteroatoms. The third kappa shape index (κ3) is 2.78. The Morgan fingerprint density at radius 2 is 2.29 bits per heavy atom. The zero-order chi connectivity index (χ0) is 12.3. The number of anilines is 1. The lowest BCUT2D eigenvalue weighted by atomic mass is 10.2. The van der Waals surface area contributed by atoms with Crippen LogP contribution in [0.25, 0.3) is 0 Å². The molecule has 1 aliphatic carbocycles. The van der Waals surface area contributed by atoms with Gasteiger partial charge in [-0.25, -0.2) is 0 Å². The Morgan fingerprint density at radius 1 is 1.53 bits per heavy atom. The first kappa shape index (κ1) is 11.9. The van der Waals surface area contributed by atoms with Crippen molar-refractivity contribution >= 4 is 23.6 Å². The van der Waals surface area contributed by atoms with Crippen molar-refractivity contribution in [2.45, 2.75) is 25.3 Å². The van der Waals surface area contributed by atoms with Crippen molar-refractivity contribution in [3.63, 3.8) is 0 Å². The van der Waals surface area contributed by atoms with Gasteiger partial charge in [0.1, 0.15) is 6.29 Å². The molecule has 1 fully saturated rings. The number of rotatable bonds is 5. The second-order valence-electron chi connectivity index (χ2n) is 4.16. The Balaban J connectivity index is 2.23. The van der Waals surface area contributed by atoms with Crippen LogP contribution in [0.5, 0.6) is 0 Å². The highest BCUT2D eigenvalue weighted by atomic mass is 35.5. The third-order valence-corrected chi connectivity index (χ3v) is 3.17. The van der Waals surface area contributed by atoms with Crippen LogP contribution < -0.4 is 4.90 Å². The van der Waals surface area contributed by atoms with E-state index in [2.05, 4.69) is 11.0 Å². The normalized spacial score (nSPS) is 14.1. The average Bonchev–Trinajstić information content (AvgIpc) is 3.15. The van der Waals surface area contributed by atoms with Crippen molar-refractivity contribution < 1.29 is 4.79 Å². The highest BCUT2D eigenvalue weighted by molar-refractivity contribution is 6.33. The molecule has 2 rings (SSSR count). The lowest BCUT2D eigenvalue weighted by molar-refractivity contribution is 0.112. The molecule has 0 aliphatic heterocycles. The second kappa shape index (κ2) is 5.20. The SMILES string of the molecule is N#CCCN(c1ccc(C=O)cc1Cl)C1CC1. The smallest absolute Gasteiger partial charge is 0.150 e. The number of carbonyl (C=O) groups is 1. The Labute approximate surface area is 106 Å². The van der Waals surface area contributed by atoms with Gasteiger partial charge in [0.25, 0.3) is 0 Å². The van der Waals surface area contributed by atoms with E-state index in [1.165, 1.54) is 0 Å². The van der Waals surface area contributed by atoms with Gasteiger partial charge in [-0.1, -0.05) is 11.6 Å². The Bertz CT molecular complexity index is 463. The lowest BCUT2D eigenvalue weighted by Gasteiger charge is -2.24. The van der Waals surface area contributed by atoms with E-state index in [-0.39, 0.29) is 0 Å². The number of carbonyl (C=O) groups excluding carboxylic acids is 1. The fraction of sp³-hybridized carbons (Fsp3) is 0.385. The molecule has 1 aliphatic rings. The highest BCUT2D eigenvalue weighted by Gasteiger charge is 2.29. The summed E-state index contributed by atoms with van der Waals surface area (Å²) in [6.07, 6.45) is 3.57. The average molecular weight is 249 g/mol. The largest absolute Gasteiger partial charge is 0.366 e. The van der Waals surface area contributed by atoms with Gasteiger partial charge in [0.15, 0.2) is 0 Å². The van der Waals surface area contributed by atoms with Crippen molar-refractivity contribution in [1.29, 1.82) is 5.26 Å². The van der Waals surface area contributed by atoms with E-state index in [0.717, 1.165) is 24.8 Å². The monoisotopic (exact) mass is 248 g/mol. The molecule has 1 aromatic carbocycles. The topological polar surface area (TPSA) is 44.1 Å². The van der Waals surface area contributed by atoms with Crippen molar-refractivity contribution in [2.75, 3.05) is 11.4 Å². The minimum atomic E-state index is 0.488. The molecule has 88 valence electrons. The summed E-state index contributed by atoms with van der Waals surface area (Å²) < 4.78 is 0. The summed E-state index contributed by atoms with van der Waals surface area (Å²) in [4.78, 5) is 12.8. The van der Waals surface area contributed by atoms with Gasteiger partial charge in [0.2, 0.25) is 0 Å². The first-order valence-corrected chi connectivity index (χ1v) is 6.02. The molecule has 0 saturated heterocycles. The maximum atomic E-state index is 10.6. The summed E-state index contributed by atoms with van der Waals surface area (Å²) in [6.45, 7) is 0.696. The van der Waals surface area contributed by atoms with Gasteiger partial charge in [-0.15, -0.1) is 0 Å². The maximum absolute atomic E-state index is 10.6. The zero-order valence-electron chi connectivity index (χ0n) is 9.40. The van der Waals surface area contributed by atoms with E-state index in [9.17, 15) is 4.79 Å². The van der Waals surface area contributed by atoms with E-state index in [1.54, 1.807) is 12.1 Å². The molecule has 17 heavy (non-hydrogen) atoms. The molecule has 0 bridgehead atoms. The van der Waals surface area contributed by atoms with Crippen molar-refractivity contribution in [2.24, 2.45) is 0 Å². The number of halogens is 1. The van der Waals surface area contributed by atoms with E-state index in [1.807, 2.05) is 6.07 Å². The van der Waals surface area contributed by atoms with E-state index < -0.39 is 0 Å². The first-order chi connectivity index (χ1) is 8.26. The van der Waals surface area contributed by atoms with E-state index in [0.29, 0.717) is 29.6 Å². The molecular weight excluding hydrogens is 236 g/mol. The van der Waals surface area contributed by atoms with Crippen LogP contribution in [-0.2, 0) is 0 Å². The van der Waals surface area contributed by atoms with Gasteiger partial charge in [-0.2, -0.15) is 5.26 Å². The Kier molecular flexibility index (Phi) is 3.65. The third-order valence-electron chi connectivity index (χ3n) is 2.87. The molecular formula is C13H13ClN2O. The number of nitriles is 1. The summed E-state index contributed by atoms with van der Waals surface area (Å²) in [7, 11) is 0. The predicted octanol–water partition coefficient (Wildman–Crippen LogP) is 3.03. The summed E-state index contributed by atoms with van der Waals surface area (Å²) in [5.74, 6) is 0. The zero-order valence-corrected chi connectivity index (χ0v) is 10.2. The lowest BCUT2D eigenvalue weighted by Crippen LogP contribution is -2.26. The first-order valence-electron chi connectivity index (χ1n) is 5.64. The molecule has 0 radical (unpaired) electrons. The van der Waals surface area contributed by atoms with Gasteiger partial charge in [-0.3, -0.25) is 4.79 Å². The Morgan fingerprint density at radius 3 is 2.82 bits per heavy atom. The van der Waals surface area contributed by atoms with Crippen molar-refractivity contribution in [3.8, 4) is 6.07 Å². The minimum Gasteiger partial charge on any atom is -0.366 e. The summed E-state index contributed by atoms with van der Waals surface area (Å²) in [5.41, 5.74) is 1.50. The summed E-state index contributed by atoms with van der Waals surface area (Å²) in [6, 6.07) is 7.95. The fourth-order valence-corrected chi connectivity index (χ4v) is 2.18. The van der Waals surface area contributed by atoms with Crippen LogP contribution in [0.4, 0.5) is 5.69 Å².